The van der Waals surface area contributed by atoms with Gasteiger partial charge < -0.3 is 10.4 Å². The molecule has 1 unspecified atom stereocenters. The topological polar surface area (TPSA) is 49.3 Å². The van der Waals surface area contributed by atoms with Crippen molar-refractivity contribution in [1.29, 1.82) is 0 Å². The van der Waals surface area contributed by atoms with Crippen molar-refractivity contribution >= 4 is 5.97 Å². The minimum atomic E-state index is -0.723. The van der Waals surface area contributed by atoms with Crippen LogP contribution in [0.4, 0.5) is 0 Å². The normalized spacial score (nSPS) is 34.8. The van der Waals surface area contributed by atoms with Crippen LogP contribution in [0.2, 0.25) is 0 Å². The average Bonchev–Trinajstić information content (AvgIpc) is 2.14. The van der Waals surface area contributed by atoms with Gasteiger partial charge >= 0.3 is 5.97 Å². The maximum atomic E-state index is 10.3. The number of carboxylic acid groups (broad SMARTS) is 1. The van der Waals surface area contributed by atoms with E-state index in [1.165, 1.54) is 0 Å². The van der Waals surface area contributed by atoms with Gasteiger partial charge in [-0.25, -0.2) is 0 Å². The molecule has 9 heavy (non-hydrogen) atoms. The van der Waals surface area contributed by atoms with Gasteiger partial charge in [0.05, 0.1) is 0 Å². The maximum Gasteiger partial charge on any atom is 0.320 e. The molecule has 0 aliphatic carbocycles. The third-order valence-corrected chi connectivity index (χ3v) is 1.65. The van der Waals surface area contributed by atoms with Crippen molar-refractivity contribution < 1.29 is 9.90 Å². The smallest absolute Gasteiger partial charge is 0.320 e. The highest BCUT2D eigenvalue weighted by atomic mass is 16.4. The molecule has 2 atom stereocenters. The Morgan fingerprint density at radius 3 is 2.67 bits per heavy atom. The van der Waals surface area contributed by atoms with Crippen LogP contribution in [-0.4, -0.2) is 23.7 Å². The Hall–Kier alpha value is -0.570. The van der Waals surface area contributed by atoms with E-state index >= 15 is 0 Å². The van der Waals surface area contributed by atoms with Gasteiger partial charge in [0.15, 0.2) is 0 Å². The molecule has 3 nitrogen and oxygen atoms in total. The van der Waals surface area contributed by atoms with Crippen molar-refractivity contribution in [3.63, 3.8) is 0 Å². The lowest BCUT2D eigenvalue weighted by molar-refractivity contribution is -0.139. The third kappa shape index (κ3) is 1.42. The molecule has 0 amide bonds. The molecule has 1 aliphatic heterocycles. The zero-order valence-corrected chi connectivity index (χ0v) is 5.42. The molecule has 1 saturated heterocycles. The monoisotopic (exact) mass is 129 g/mol. The fourth-order valence-electron chi connectivity index (χ4n) is 1.10. The van der Waals surface area contributed by atoms with Gasteiger partial charge in [-0.15, -0.1) is 0 Å². The minimum absolute atomic E-state index is 0.292. The summed E-state index contributed by atoms with van der Waals surface area (Å²) in [6, 6.07) is -0.292. The van der Waals surface area contributed by atoms with Crippen molar-refractivity contribution in [1.82, 2.24) is 5.32 Å². The number of aliphatic carboxylic acids is 1. The van der Waals surface area contributed by atoms with E-state index in [0.717, 1.165) is 13.0 Å². The van der Waals surface area contributed by atoms with E-state index < -0.39 is 5.97 Å². The van der Waals surface area contributed by atoms with Crippen LogP contribution in [-0.2, 0) is 4.79 Å². The zero-order valence-electron chi connectivity index (χ0n) is 5.42. The number of nitrogens with one attached hydrogen (secondary N) is 1. The quantitative estimate of drug-likeness (QED) is 0.526. The van der Waals surface area contributed by atoms with Gasteiger partial charge in [0.25, 0.3) is 0 Å². The van der Waals surface area contributed by atoms with Crippen LogP contribution in [0.3, 0.4) is 0 Å². The Bertz CT molecular complexity index is 124. The van der Waals surface area contributed by atoms with E-state index in [0.29, 0.717) is 5.92 Å². The molecule has 0 radical (unpaired) electrons. The summed E-state index contributed by atoms with van der Waals surface area (Å²) in [5.41, 5.74) is 0. The predicted octanol–water partition coefficient (Wildman–Crippen LogP) is 0.0690. The Kier molecular flexibility index (Phi) is 1.71. The molecule has 1 fully saturated rings. The first-order chi connectivity index (χ1) is 4.20. The Labute approximate surface area is 54.1 Å². The van der Waals surface area contributed by atoms with E-state index in [1.807, 2.05) is 0 Å². The molecular formula is C6H11NO2. The van der Waals surface area contributed by atoms with Gasteiger partial charge in [0.1, 0.15) is 6.04 Å². The number of rotatable bonds is 1. The number of carbonyl (C=O) groups is 1. The van der Waals surface area contributed by atoms with Gasteiger partial charge in [-0.2, -0.15) is 0 Å². The summed E-state index contributed by atoms with van der Waals surface area (Å²) < 4.78 is 0. The molecule has 3 heteroatoms. The molecule has 0 aromatic rings. The molecular weight excluding hydrogens is 118 g/mol. The molecule has 0 bridgehead atoms. The Morgan fingerprint density at radius 2 is 2.44 bits per heavy atom. The number of hydrogen-bond acceptors (Lipinski definition) is 2. The number of hydrogen-bond donors (Lipinski definition) is 2. The van der Waals surface area contributed by atoms with Crippen LogP contribution in [0.5, 0.6) is 0 Å². The van der Waals surface area contributed by atoms with E-state index in [4.69, 9.17) is 5.11 Å². The first kappa shape index (κ1) is 6.55. The van der Waals surface area contributed by atoms with Gasteiger partial charge in [-0.05, 0) is 18.9 Å². The van der Waals surface area contributed by atoms with E-state index in [9.17, 15) is 4.79 Å². The van der Waals surface area contributed by atoms with E-state index in [-0.39, 0.29) is 6.04 Å². The van der Waals surface area contributed by atoms with Crippen molar-refractivity contribution in [2.75, 3.05) is 6.54 Å². The van der Waals surface area contributed by atoms with Crippen LogP contribution >= 0.6 is 0 Å². The summed E-state index contributed by atoms with van der Waals surface area (Å²) in [6.07, 6.45) is 0.773. The molecule has 0 aromatic carbocycles. The van der Waals surface area contributed by atoms with Crippen LogP contribution in [0.25, 0.3) is 0 Å². The van der Waals surface area contributed by atoms with Gasteiger partial charge in [0, 0.05) is 0 Å². The third-order valence-electron chi connectivity index (χ3n) is 1.65. The summed E-state index contributed by atoms with van der Waals surface area (Å²) >= 11 is 0. The van der Waals surface area contributed by atoms with Crippen molar-refractivity contribution in [2.45, 2.75) is 19.4 Å². The highest BCUT2D eigenvalue weighted by Gasteiger charge is 2.25. The first-order valence-electron chi connectivity index (χ1n) is 3.16. The molecule has 1 rings (SSSR count). The summed E-state index contributed by atoms with van der Waals surface area (Å²) in [4.78, 5) is 10.3. The van der Waals surface area contributed by atoms with Gasteiger partial charge in [-0.3, -0.25) is 4.79 Å². The summed E-state index contributed by atoms with van der Waals surface area (Å²) in [6.45, 7) is 2.90. The van der Waals surface area contributed by atoms with E-state index in [1.54, 1.807) is 0 Å². The van der Waals surface area contributed by atoms with Crippen LogP contribution in [0, 0.1) is 5.92 Å². The number of carboxylic acids is 1. The second kappa shape index (κ2) is 2.35. The van der Waals surface area contributed by atoms with E-state index in [2.05, 4.69) is 12.2 Å². The molecule has 1 aliphatic rings. The lowest BCUT2D eigenvalue weighted by Gasteiger charge is -2.00. The summed E-state index contributed by atoms with van der Waals surface area (Å²) in [5.74, 6) is -0.203. The van der Waals surface area contributed by atoms with Crippen LogP contribution in [0.15, 0.2) is 0 Å². The second-order valence-electron chi connectivity index (χ2n) is 2.64. The highest BCUT2D eigenvalue weighted by Crippen LogP contribution is 2.11. The minimum Gasteiger partial charge on any atom is -0.480 e. The molecule has 52 valence electrons. The first-order valence-corrected chi connectivity index (χ1v) is 3.16. The van der Waals surface area contributed by atoms with Crippen LogP contribution in [0.1, 0.15) is 13.3 Å². The van der Waals surface area contributed by atoms with Crippen LogP contribution < -0.4 is 5.32 Å². The lowest BCUT2D eigenvalue weighted by atomic mass is 10.1. The molecule has 0 saturated carbocycles. The van der Waals surface area contributed by atoms with Crippen molar-refractivity contribution in [3.8, 4) is 0 Å². The SMILES string of the molecule is CC1CN[C@@H](C(=O)O)C1. The zero-order chi connectivity index (χ0) is 6.85. The second-order valence-corrected chi connectivity index (χ2v) is 2.64. The molecule has 0 aromatic heterocycles. The largest absolute Gasteiger partial charge is 0.480 e. The van der Waals surface area contributed by atoms with Crippen molar-refractivity contribution in [3.05, 3.63) is 0 Å². The Morgan fingerprint density at radius 1 is 1.78 bits per heavy atom. The molecule has 2 N–H and O–H groups in total. The van der Waals surface area contributed by atoms with Crippen molar-refractivity contribution in [2.24, 2.45) is 5.92 Å². The van der Waals surface area contributed by atoms with Gasteiger partial charge in [-0.1, -0.05) is 6.92 Å². The Balaban J connectivity index is 2.39. The average molecular weight is 129 g/mol. The highest BCUT2D eigenvalue weighted by molar-refractivity contribution is 5.73. The fraction of sp³-hybridized carbons (Fsp3) is 0.833. The standard InChI is InChI=1S/C6H11NO2/c1-4-2-5(6(8)9)7-3-4/h4-5,7H,2-3H2,1H3,(H,8,9)/t4?,5-/m1/s1. The summed E-state index contributed by atoms with van der Waals surface area (Å²) in [7, 11) is 0. The predicted molar refractivity (Wildman–Crippen MR) is 33.2 cm³/mol. The van der Waals surface area contributed by atoms with Gasteiger partial charge in [0.2, 0.25) is 0 Å². The lowest BCUT2D eigenvalue weighted by Crippen LogP contribution is -2.29. The fourth-order valence-corrected chi connectivity index (χ4v) is 1.10. The summed E-state index contributed by atoms with van der Waals surface area (Å²) in [5, 5.41) is 11.4. The molecule has 1 heterocycles. The maximum absolute atomic E-state index is 10.3. The molecule has 0 spiro atoms.